The van der Waals surface area contributed by atoms with Crippen molar-refractivity contribution in [1.82, 2.24) is 9.97 Å². The molecule has 1 N–H and O–H groups in total. The number of hydrogen-bond acceptors (Lipinski definition) is 2. The molecule has 0 fully saturated rings. The Hall–Kier alpha value is -1.12. The molecule has 44 valence electrons. The van der Waals surface area contributed by atoms with Gasteiger partial charge in [-0.1, -0.05) is 0 Å². The first kappa shape index (κ1) is 5.03. The number of nitrogens with zero attached hydrogens (tertiary/aromatic N) is 1. The van der Waals surface area contributed by atoms with Gasteiger partial charge in [-0.15, -0.1) is 0 Å². The number of rotatable bonds is 0. The molecule has 0 radical (unpaired) electrons. The van der Waals surface area contributed by atoms with Gasteiger partial charge in [0.1, 0.15) is 5.69 Å². The third kappa shape index (κ3) is 0.753. The first-order valence-electron chi connectivity index (χ1n) is 2.31. The van der Waals surface area contributed by atoms with E-state index in [9.17, 15) is 4.79 Å². The summed E-state index contributed by atoms with van der Waals surface area (Å²) in [7, 11) is 0. The lowest BCUT2D eigenvalue weighted by Crippen LogP contribution is -2.08. The summed E-state index contributed by atoms with van der Waals surface area (Å²) in [4.78, 5) is 16.7. The summed E-state index contributed by atoms with van der Waals surface area (Å²) in [6, 6.07) is 0. The van der Waals surface area contributed by atoms with E-state index in [1.54, 1.807) is 13.1 Å². The summed E-state index contributed by atoms with van der Waals surface area (Å²) in [6.45, 7) is 1.67. The Morgan fingerprint density at radius 3 is 3.00 bits per heavy atom. The normalized spacial score (nSPS) is 9.12. The van der Waals surface area contributed by atoms with Gasteiger partial charge in [0.2, 0.25) is 0 Å². The maximum absolute atomic E-state index is 10.5. The summed E-state index contributed by atoms with van der Waals surface area (Å²) in [5.41, 5.74) is 0.389. The minimum atomic E-state index is -0.118. The van der Waals surface area contributed by atoms with Crippen molar-refractivity contribution in [1.29, 1.82) is 0 Å². The average Bonchev–Trinajstić information content (AvgIpc) is 1.77. The lowest BCUT2D eigenvalue weighted by Gasteiger charge is -1.83. The summed E-state index contributed by atoms with van der Waals surface area (Å²) < 4.78 is 0. The van der Waals surface area contributed by atoms with Crippen molar-refractivity contribution in [3.05, 3.63) is 28.4 Å². The second-order valence-corrected chi connectivity index (χ2v) is 1.50. The van der Waals surface area contributed by atoms with Crippen LogP contribution in [0, 0.1) is 6.92 Å². The molecule has 1 aromatic heterocycles. The molecule has 0 atom stereocenters. The Bertz CT molecular complexity index is 232. The molecule has 0 aliphatic heterocycles. The Morgan fingerprint density at radius 1 is 1.88 bits per heavy atom. The number of aromatic amines is 1. The van der Waals surface area contributed by atoms with Crippen LogP contribution in [0.25, 0.3) is 0 Å². The SMILES string of the molecule is Cc1ncc[nH]c1=O.[HH]. The molecule has 1 rings (SSSR count). The number of nitrogens with one attached hydrogen (secondary N) is 1. The van der Waals surface area contributed by atoms with Gasteiger partial charge in [0.15, 0.2) is 0 Å². The Balaban J connectivity index is 0.000000640. The molecule has 8 heavy (non-hydrogen) atoms. The highest BCUT2D eigenvalue weighted by atomic mass is 16.1. The van der Waals surface area contributed by atoms with Gasteiger partial charge in [0.05, 0.1) is 0 Å². The molecule has 0 aromatic carbocycles. The third-order valence-corrected chi connectivity index (χ3v) is 0.886. The first-order valence-corrected chi connectivity index (χ1v) is 2.31. The monoisotopic (exact) mass is 112 g/mol. The lowest BCUT2D eigenvalue weighted by molar-refractivity contribution is 1.06. The van der Waals surface area contributed by atoms with Crippen LogP contribution in [0.5, 0.6) is 0 Å². The second-order valence-electron chi connectivity index (χ2n) is 1.50. The van der Waals surface area contributed by atoms with Crippen molar-refractivity contribution < 1.29 is 1.43 Å². The van der Waals surface area contributed by atoms with Crippen LogP contribution in [0.15, 0.2) is 17.2 Å². The third-order valence-electron chi connectivity index (χ3n) is 0.886. The van der Waals surface area contributed by atoms with Crippen molar-refractivity contribution in [2.24, 2.45) is 0 Å². The standard InChI is InChI=1S/C5H6N2O.H2/c1-4-5(8)7-3-2-6-4;/h2-3H,1H3,(H,7,8);1H. The fraction of sp³-hybridized carbons (Fsp3) is 0.200. The molecule has 0 unspecified atom stereocenters. The highest BCUT2D eigenvalue weighted by molar-refractivity contribution is 4.90. The van der Waals surface area contributed by atoms with E-state index in [0.717, 1.165) is 0 Å². The average molecular weight is 112 g/mol. The number of aryl methyl sites for hydroxylation is 1. The molecule has 3 heteroatoms. The van der Waals surface area contributed by atoms with Crippen LogP contribution in [0.2, 0.25) is 0 Å². The van der Waals surface area contributed by atoms with Crippen molar-refractivity contribution in [3.8, 4) is 0 Å². The number of aromatic nitrogens is 2. The maximum atomic E-state index is 10.5. The van der Waals surface area contributed by atoms with Crippen LogP contribution in [-0.4, -0.2) is 9.97 Å². The van der Waals surface area contributed by atoms with Gasteiger partial charge in [-0.3, -0.25) is 9.78 Å². The van der Waals surface area contributed by atoms with Crippen LogP contribution < -0.4 is 5.56 Å². The van der Waals surface area contributed by atoms with Crippen molar-refractivity contribution in [2.75, 3.05) is 0 Å². The van der Waals surface area contributed by atoms with Crippen LogP contribution in [0.4, 0.5) is 0 Å². The second kappa shape index (κ2) is 1.78. The first-order chi connectivity index (χ1) is 3.80. The van der Waals surface area contributed by atoms with Gasteiger partial charge in [0.25, 0.3) is 5.56 Å². The molecular weight excluding hydrogens is 104 g/mol. The van der Waals surface area contributed by atoms with E-state index in [1.807, 2.05) is 0 Å². The Morgan fingerprint density at radius 2 is 2.62 bits per heavy atom. The quantitative estimate of drug-likeness (QED) is 0.525. The van der Waals surface area contributed by atoms with E-state index in [-0.39, 0.29) is 6.99 Å². The van der Waals surface area contributed by atoms with Crippen LogP contribution in [0.3, 0.4) is 0 Å². The van der Waals surface area contributed by atoms with E-state index in [2.05, 4.69) is 9.97 Å². The predicted octanol–water partition coefficient (Wildman–Crippen LogP) is 0.324. The molecule has 0 saturated carbocycles. The molecular formula is C5H8N2O. The molecule has 0 aliphatic rings. The molecule has 1 aromatic rings. The smallest absolute Gasteiger partial charge is 0.269 e. The van der Waals surface area contributed by atoms with E-state index in [4.69, 9.17) is 0 Å². The molecule has 0 spiro atoms. The van der Waals surface area contributed by atoms with Crippen molar-refractivity contribution in [2.45, 2.75) is 6.92 Å². The zero-order valence-electron chi connectivity index (χ0n) is 4.51. The predicted molar refractivity (Wildman–Crippen MR) is 31.7 cm³/mol. The molecule has 0 amide bonds. The minimum absolute atomic E-state index is 0. The van der Waals surface area contributed by atoms with E-state index in [0.29, 0.717) is 5.69 Å². The fourth-order valence-electron chi connectivity index (χ4n) is 0.425. The molecule has 3 nitrogen and oxygen atoms in total. The van der Waals surface area contributed by atoms with Gasteiger partial charge in [-0.25, -0.2) is 0 Å². The number of H-pyrrole nitrogens is 1. The van der Waals surface area contributed by atoms with E-state index >= 15 is 0 Å². The summed E-state index contributed by atoms with van der Waals surface area (Å²) in [5.74, 6) is 0. The van der Waals surface area contributed by atoms with Crippen molar-refractivity contribution in [3.63, 3.8) is 0 Å². The van der Waals surface area contributed by atoms with Crippen LogP contribution >= 0.6 is 0 Å². The van der Waals surface area contributed by atoms with Gasteiger partial charge >= 0.3 is 0 Å². The fourth-order valence-corrected chi connectivity index (χ4v) is 0.425. The highest BCUT2D eigenvalue weighted by Crippen LogP contribution is 1.72. The Kier molecular flexibility index (Phi) is 1.12. The molecule has 0 bridgehead atoms. The summed E-state index contributed by atoms with van der Waals surface area (Å²) in [6.07, 6.45) is 3.06. The summed E-state index contributed by atoms with van der Waals surface area (Å²) in [5, 5.41) is 0. The maximum Gasteiger partial charge on any atom is 0.269 e. The minimum Gasteiger partial charge on any atom is -0.326 e. The molecule has 0 saturated heterocycles. The number of hydrogen-bond donors (Lipinski definition) is 1. The highest BCUT2D eigenvalue weighted by Gasteiger charge is 1.85. The summed E-state index contributed by atoms with van der Waals surface area (Å²) >= 11 is 0. The van der Waals surface area contributed by atoms with Gasteiger partial charge in [0, 0.05) is 13.8 Å². The van der Waals surface area contributed by atoms with Crippen LogP contribution in [-0.2, 0) is 0 Å². The molecule has 0 aliphatic carbocycles. The lowest BCUT2D eigenvalue weighted by atomic mass is 10.5. The van der Waals surface area contributed by atoms with E-state index < -0.39 is 0 Å². The zero-order chi connectivity index (χ0) is 5.98. The van der Waals surface area contributed by atoms with Gasteiger partial charge in [-0.2, -0.15) is 0 Å². The van der Waals surface area contributed by atoms with Gasteiger partial charge in [-0.05, 0) is 6.92 Å². The molecule has 1 heterocycles. The van der Waals surface area contributed by atoms with Crippen molar-refractivity contribution >= 4 is 0 Å². The van der Waals surface area contributed by atoms with Crippen LogP contribution in [0.1, 0.15) is 7.12 Å². The Labute approximate surface area is 47.9 Å². The largest absolute Gasteiger partial charge is 0.326 e. The van der Waals surface area contributed by atoms with E-state index in [1.165, 1.54) is 6.20 Å². The van der Waals surface area contributed by atoms with Gasteiger partial charge < -0.3 is 4.98 Å². The zero-order valence-corrected chi connectivity index (χ0v) is 4.51. The topological polar surface area (TPSA) is 45.8 Å².